The molecule has 0 amide bonds. The van der Waals surface area contributed by atoms with Gasteiger partial charge in [0, 0.05) is 15.6 Å². The van der Waals surface area contributed by atoms with Gasteiger partial charge in [0.2, 0.25) is 0 Å². The maximum Gasteiger partial charge on any atom is 0.0762 e. The molecule has 0 spiro atoms. The molecule has 0 heterocycles. The van der Waals surface area contributed by atoms with Gasteiger partial charge in [-0.05, 0) is 25.0 Å². The van der Waals surface area contributed by atoms with Gasteiger partial charge >= 0.3 is 0 Å². The van der Waals surface area contributed by atoms with Crippen LogP contribution in [0.2, 0.25) is 0 Å². The lowest BCUT2D eigenvalue weighted by Gasteiger charge is -2.43. The van der Waals surface area contributed by atoms with Crippen LogP contribution in [0.15, 0.2) is 35.2 Å². The van der Waals surface area contributed by atoms with Crippen LogP contribution < -0.4 is 0 Å². The molecule has 3 N–H and O–H groups in total. The Morgan fingerprint density at radius 1 is 1.00 bits per heavy atom. The predicted molar refractivity (Wildman–Crippen MR) is 81.8 cm³/mol. The summed E-state index contributed by atoms with van der Waals surface area (Å²) in [7, 11) is 0. The van der Waals surface area contributed by atoms with E-state index in [1.165, 1.54) is 6.42 Å². The summed E-state index contributed by atoms with van der Waals surface area (Å²) in [5.41, 5.74) is 0. The Bertz CT molecular complexity index is 386. The van der Waals surface area contributed by atoms with Gasteiger partial charge < -0.3 is 15.3 Å². The summed E-state index contributed by atoms with van der Waals surface area (Å²) in [6, 6.07) is 10.1. The fourth-order valence-corrected chi connectivity index (χ4v) is 4.59. The van der Waals surface area contributed by atoms with Crippen molar-refractivity contribution in [3.8, 4) is 0 Å². The topological polar surface area (TPSA) is 60.7 Å². The SMILES string of the molecule is OCC(CO)C(O)C1(Sc2ccccc2)CCCCC1. The van der Waals surface area contributed by atoms with Crippen molar-refractivity contribution in [1.82, 2.24) is 0 Å². The summed E-state index contributed by atoms with van der Waals surface area (Å²) < 4.78 is -0.282. The summed E-state index contributed by atoms with van der Waals surface area (Å²) >= 11 is 1.71. The second kappa shape index (κ2) is 7.46. The monoisotopic (exact) mass is 296 g/mol. The summed E-state index contributed by atoms with van der Waals surface area (Å²) in [6.45, 7) is -0.344. The Morgan fingerprint density at radius 2 is 1.60 bits per heavy atom. The minimum absolute atomic E-state index is 0.172. The van der Waals surface area contributed by atoms with Gasteiger partial charge in [0.05, 0.1) is 19.3 Å². The largest absolute Gasteiger partial charge is 0.396 e. The van der Waals surface area contributed by atoms with Crippen molar-refractivity contribution in [3.05, 3.63) is 30.3 Å². The van der Waals surface area contributed by atoms with Gasteiger partial charge in [-0.25, -0.2) is 0 Å². The smallest absolute Gasteiger partial charge is 0.0762 e. The fourth-order valence-electron chi connectivity index (χ4n) is 3.02. The van der Waals surface area contributed by atoms with Crippen molar-refractivity contribution >= 4 is 11.8 Å². The van der Waals surface area contributed by atoms with Crippen molar-refractivity contribution in [2.24, 2.45) is 5.92 Å². The van der Waals surface area contributed by atoms with E-state index in [4.69, 9.17) is 0 Å². The number of rotatable bonds is 6. The summed E-state index contributed by atoms with van der Waals surface area (Å²) in [6.07, 6.45) is 4.59. The van der Waals surface area contributed by atoms with E-state index in [0.717, 1.165) is 30.6 Å². The summed E-state index contributed by atoms with van der Waals surface area (Å²) in [4.78, 5) is 1.14. The molecule has 1 unspecified atom stereocenters. The zero-order valence-corrected chi connectivity index (χ0v) is 12.6. The van der Waals surface area contributed by atoms with Crippen LogP contribution in [0.3, 0.4) is 0 Å². The molecule has 0 saturated heterocycles. The van der Waals surface area contributed by atoms with E-state index in [2.05, 4.69) is 12.1 Å². The Hall–Kier alpha value is -0.550. The molecule has 1 fully saturated rings. The predicted octanol–water partition coefficient (Wildman–Crippen LogP) is 2.44. The maximum absolute atomic E-state index is 10.7. The summed E-state index contributed by atoms with van der Waals surface area (Å²) in [5.74, 6) is -0.454. The molecule has 0 bridgehead atoms. The Balaban J connectivity index is 2.20. The van der Waals surface area contributed by atoms with Crippen LogP contribution in [0, 0.1) is 5.92 Å². The molecule has 3 nitrogen and oxygen atoms in total. The van der Waals surface area contributed by atoms with Gasteiger partial charge in [-0.3, -0.25) is 0 Å². The van der Waals surface area contributed by atoms with E-state index < -0.39 is 12.0 Å². The van der Waals surface area contributed by atoms with Crippen LogP contribution in [-0.2, 0) is 0 Å². The third-order valence-electron chi connectivity index (χ3n) is 4.22. The minimum atomic E-state index is -0.678. The molecule has 20 heavy (non-hydrogen) atoms. The maximum atomic E-state index is 10.7. The highest BCUT2D eigenvalue weighted by atomic mass is 32.2. The lowest BCUT2D eigenvalue weighted by atomic mass is 9.79. The van der Waals surface area contributed by atoms with Gasteiger partial charge in [0.1, 0.15) is 0 Å². The molecule has 0 aliphatic heterocycles. The van der Waals surface area contributed by atoms with E-state index in [1.807, 2.05) is 18.2 Å². The van der Waals surface area contributed by atoms with Gasteiger partial charge in [-0.2, -0.15) is 0 Å². The number of aliphatic hydroxyl groups is 3. The van der Waals surface area contributed by atoms with E-state index in [-0.39, 0.29) is 18.0 Å². The number of aliphatic hydroxyl groups excluding tert-OH is 3. The second-order valence-corrected chi connectivity index (χ2v) is 7.10. The zero-order valence-electron chi connectivity index (χ0n) is 11.7. The average molecular weight is 296 g/mol. The van der Waals surface area contributed by atoms with E-state index in [9.17, 15) is 15.3 Å². The molecule has 1 aromatic carbocycles. The van der Waals surface area contributed by atoms with E-state index >= 15 is 0 Å². The molecule has 112 valence electrons. The van der Waals surface area contributed by atoms with Crippen molar-refractivity contribution in [2.45, 2.75) is 47.9 Å². The highest BCUT2D eigenvalue weighted by Gasteiger charge is 2.43. The van der Waals surface area contributed by atoms with Gasteiger partial charge in [0.15, 0.2) is 0 Å². The quantitative estimate of drug-likeness (QED) is 0.754. The molecule has 2 rings (SSSR count). The third kappa shape index (κ3) is 3.55. The van der Waals surface area contributed by atoms with E-state index in [0.29, 0.717) is 0 Å². The lowest BCUT2D eigenvalue weighted by molar-refractivity contribution is -0.000776. The molecule has 1 saturated carbocycles. The van der Waals surface area contributed by atoms with Crippen LogP contribution in [0.1, 0.15) is 32.1 Å². The molecule has 1 aromatic rings. The molecule has 1 aliphatic carbocycles. The molecule has 0 radical (unpaired) electrons. The van der Waals surface area contributed by atoms with E-state index in [1.54, 1.807) is 11.8 Å². The molecule has 1 atom stereocenters. The first kappa shape index (κ1) is 15.8. The van der Waals surface area contributed by atoms with Crippen LogP contribution in [-0.4, -0.2) is 39.4 Å². The van der Waals surface area contributed by atoms with Crippen molar-refractivity contribution in [2.75, 3.05) is 13.2 Å². The molecule has 0 aromatic heterocycles. The second-order valence-electron chi connectivity index (χ2n) is 5.61. The third-order valence-corrected chi connectivity index (χ3v) is 5.78. The highest BCUT2D eigenvalue weighted by Crippen LogP contribution is 2.47. The van der Waals surface area contributed by atoms with Gasteiger partial charge in [-0.15, -0.1) is 11.8 Å². The standard InChI is InChI=1S/C16H24O3S/c17-11-13(12-18)15(19)16(9-5-2-6-10-16)20-14-7-3-1-4-8-14/h1,3-4,7-8,13,15,17-19H,2,5-6,9-12H2. The van der Waals surface area contributed by atoms with Crippen LogP contribution >= 0.6 is 11.8 Å². The van der Waals surface area contributed by atoms with Gasteiger partial charge in [-0.1, -0.05) is 37.5 Å². The van der Waals surface area contributed by atoms with Crippen LogP contribution in [0.5, 0.6) is 0 Å². The van der Waals surface area contributed by atoms with Crippen LogP contribution in [0.4, 0.5) is 0 Å². The first-order valence-electron chi connectivity index (χ1n) is 7.36. The van der Waals surface area contributed by atoms with Crippen molar-refractivity contribution < 1.29 is 15.3 Å². The zero-order chi connectivity index (χ0) is 14.4. The number of hydrogen-bond acceptors (Lipinski definition) is 4. The van der Waals surface area contributed by atoms with Crippen LogP contribution in [0.25, 0.3) is 0 Å². The van der Waals surface area contributed by atoms with Gasteiger partial charge in [0.25, 0.3) is 0 Å². The summed E-state index contributed by atoms with van der Waals surface area (Å²) in [5, 5.41) is 29.5. The number of hydrogen-bond donors (Lipinski definition) is 3. The molecule has 1 aliphatic rings. The number of benzene rings is 1. The molecular weight excluding hydrogens is 272 g/mol. The number of thioether (sulfide) groups is 1. The highest BCUT2D eigenvalue weighted by molar-refractivity contribution is 8.00. The molecular formula is C16H24O3S. The average Bonchev–Trinajstić information content (AvgIpc) is 2.50. The van der Waals surface area contributed by atoms with Crippen molar-refractivity contribution in [1.29, 1.82) is 0 Å². The lowest BCUT2D eigenvalue weighted by Crippen LogP contribution is -2.47. The Kier molecular flexibility index (Phi) is 5.90. The first-order chi connectivity index (χ1) is 9.72. The Morgan fingerprint density at radius 3 is 2.15 bits per heavy atom. The normalized spacial score (nSPS) is 20.0. The fraction of sp³-hybridized carbons (Fsp3) is 0.625. The Labute approximate surface area is 125 Å². The molecule has 4 heteroatoms. The first-order valence-corrected chi connectivity index (χ1v) is 8.17. The minimum Gasteiger partial charge on any atom is -0.396 e. The van der Waals surface area contributed by atoms with Crippen molar-refractivity contribution in [3.63, 3.8) is 0 Å².